The third-order valence-electron chi connectivity index (χ3n) is 3.06. The van der Waals surface area contributed by atoms with Crippen LogP contribution < -0.4 is 5.73 Å². The molecule has 18 heavy (non-hydrogen) atoms. The van der Waals surface area contributed by atoms with Crippen molar-refractivity contribution in [3.63, 3.8) is 0 Å². The molecule has 0 aliphatic rings. The largest absolute Gasteiger partial charge is 0.404 e. The fourth-order valence-corrected chi connectivity index (χ4v) is 1.95. The van der Waals surface area contributed by atoms with Gasteiger partial charge in [-0.3, -0.25) is 4.79 Å². The zero-order valence-electron chi connectivity index (χ0n) is 11.2. The van der Waals surface area contributed by atoms with Crippen LogP contribution >= 0.6 is 0 Å². The van der Waals surface area contributed by atoms with E-state index in [0.717, 1.165) is 6.42 Å². The third kappa shape index (κ3) is 5.17. The Bertz CT molecular complexity index is 379. The normalized spacial score (nSPS) is 10.9. The minimum atomic E-state index is -0.0352. The summed E-state index contributed by atoms with van der Waals surface area (Å²) in [4.78, 5) is 11.5. The summed E-state index contributed by atoms with van der Waals surface area (Å²) in [5.74, 6) is -0.0352. The Kier molecular flexibility index (Phi) is 6.85. The lowest BCUT2D eigenvalue weighted by atomic mass is 10.0. The van der Waals surface area contributed by atoms with Gasteiger partial charge < -0.3 is 5.73 Å². The molecular formula is C16H23NO. The van der Waals surface area contributed by atoms with Crippen LogP contribution in [0.15, 0.2) is 36.5 Å². The SMILES string of the molecule is CCCCCCCc1ccc(C(=O)C=CN)cc1. The highest BCUT2D eigenvalue weighted by Gasteiger charge is 2.01. The van der Waals surface area contributed by atoms with E-state index in [4.69, 9.17) is 5.73 Å². The van der Waals surface area contributed by atoms with Gasteiger partial charge in [-0.1, -0.05) is 56.9 Å². The Morgan fingerprint density at radius 3 is 2.39 bits per heavy atom. The first kappa shape index (κ1) is 14.5. The number of hydrogen-bond donors (Lipinski definition) is 1. The summed E-state index contributed by atoms with van der Waals surface area (Å²) in [5, 5.41) is 0. The van der Waals surface area contributed by atoms with Gasteiger partial charge in [0.2, 0.25) is 0 Å². The highest BCUT2D eigenvalue weighted by atomic mass is 16.1. The lowest BCUT2D eigenvalue weighted by Gasteiger charge is -2.02. The number of ketones is 1. The smallest absolute Gasteiger partial charge is 0.187 e. The van der Waals surface area contributed by atoms with Gasteiger partial charge in [-0.15, -0.1) is 0 Å². The first-order valence-corrected chi connectivity index (χ1v) is 6.79. The van der Waals surface area contributed by atoms with Crippen molar-refractivity contribution in [1.82, 2.24) is 0 Å². The fourth-order valence-electron chi connectivity index (χ4n) is 1.95. The van der Waals surface area contributed by atoms with E-state index in [1.165, 1.54) is 49.9 Å². The van der Waals surface area contributed by atoms with Crippen molar-refractivity contribution < 1.29 is 4.79 Å². The van der Waals surface area contributed by atoms with Crippen molar-refractivity contribution in [2.45, 2.75) is 45.4 Å². The number of allylic oxidation sites excluding steroid dienone is 1. The quantitative estimate of drug-likeness (QED) is 0.429. The molecule has 0 aliphatic carbocycles. The van der Waals surface area contributed by atoms with Crippen molar-refractivity contribution >= 4 is 5.78 Å². The number of nitrogens with two attached hydrogens (primary N) is 1. The van der Waals surface area contributed by atoms with Gasteiger partial charge in [0.25, 0.3) is 0 Å². The van der Waals surface area contributed by atoms with Crippen LogP contribution in [0.4, 0.5) is 0 Å². The lowest BCUT2D eigenvalue weighted by molar-refractivity contribution is 0.104. The second kappa shape index (κ2) is 8.51. The van der Waals surface area contributed by atoms with Gasteiger partial charge in [-0.2, -0.15) is 0 Å². The van der Waals surface area contributed by atoms with Gasteiger partial charge in [0.05, 0.1) is 0 Å². The second-order valence-corrected chi connectivity index (χ2v) is 4.58. The van der Waals surface area contributed by atoms with Crippen molar-refractivity contribution in [3.8, 4) is 0 Å². The molecule has 0 unspecified atom stereocenters. The van der Waals surface area contributed by atoms with Gasteiger partial charge in [-0.25, -0.2) is 0 Å². The van der Waals surface area contributed by atoms with Gasteiger partial charge >= 0.3 is 0 Å². The highest BCUT2D eigenvalue weighted by molar-refractivity contribution is 6.04. The number of rotatable bonds is 8. The van der Waals surface area contributed by atoms with Gasteiger partial charge in [0.15, 0.2) is 5.78 Å². The van der Waals surface area contributed by atoms with E-state index < -0.39 is 0 Å². The Labute approximate surface area is 110 Å². The Balaban J connectivity index is 2.38. The number of unbranched alkanes of at least 4 members (excludes halogenated alkanes) is 4. The predicted molar refractivity (Wildman–Crippen MR) is 76.6 cm³/mol. The molecule has 0 saturated carbocycles. The number of hydrogen-bond acceptors (Lipinski definition) is 2. The first-order chi connectivity index (χ1) is 8.77. The average molecular weight is 245 g/mol. The fraction of sp³-hybridized carbons (Fsp3) is 0.438. The van der Waals surface area contributed by atoms with E-state index in [1.54, 1.807) is 0 Å². The summed E-state index contributed by atoms with van der Waals surface area (Å²) >= 11 is 0. The van der Waals surface area contributed by atoms with Crippen LogP contribution in [0.2, 0.25) is 0 Å². The molecule has 0 atom stereocenters. The molecule has 0 amide bonds. The summed E-state index contributed by atoms with van der Waals surface area (Å²) in [5.41, 5.74) is 7.21. The van der Waals surface area contributed by atoms with Crippen molar-refractivity contribution in [2.24, 2.45) is 5.73 Å². The lowest BCUT2D eigenvalue weighted by Crippen LogP contribution is -1.96. The first-order valence-electron chi connectivity index (χ1n) is 6.79. The topological polar surface area (TPSA) is 43.1 Å². The molecule has 2 heteroatoms. The van der Waals surface area contributed by atoms with Crippen LogP contribution in [0.25, 0.3) is 0 Å². The van der Waals surface area contributed by atoms with Crippen LogP contribution in [0, 0.1) is 0 Å². The molecule has 0 radical (unpaired) electrons. The molecule has 1 aromatic rings. The summed E-state index contributed by atoms with van der Waals surface area (Å²) < 4.78 is 0. The highest BCUT2D eigenvalue weighted by Crippen LogP contribution is 2.11. The standard InChI is InChI=1S/C16H23NO/c1-2-3-4-5-6-7-14-8-10-15(11-9-14)16(18)12-13-17/h8-13H,2-7,17H2,1H3. The number of benzene rings is 1. The zero-order chi connectivity index (χ0) is 13.2. The molecule has 0 bridgehead atoms. The zero-order valence-corrected chi connectivity index (χ0v) is 11.2. The molecule has 98 valence electrons. The number of carbonyl (C=O) groups is 1. The van der Waals surface area contributed by atoms with Gasteiger partial charge in [-0.05, 0) is 24.6 Å². The predicted octanol–water partition coefficient (Wildman–Crippen LogP) is 3.85. The van der Waals surface area contributed by atoms with Crippen molar-refractivity contribution in [2.75, 3.05) is 0 Å². The Morgan fingerprint density at radius 1 is 1.11 bits per heavy atom. The summed E-state index contributed by atoms with van der Waals surface area (Å²) in [6, 6.07) is 7.84. The van der Waals surface area contributed by atoms with E-state index in [1.807, 2.05) is 24.3 Å². The molecule has 0 heterocycles. The van der Waals surface area contributed by atoms with Crippen LogP contribution in [0.3, 0.4) is 0 Å². The number of aryl methyl sites for hydroxylation is 1. The van der Waals surface area contributed by atoms with Gasteiger partial charge in [0, 0.05) is 11.6 Å². The maximum absolute atomic E-state index is 11.5. The molecular weight excluding hydrogens is 222 g/mol. The minimum Gasteiger partial charge on any atom is -0.404 e. The molecule has 0 fully saturated rings. The summed E-state index contributed by atoms with van der Waals surface area (Å²) in [6.07, 6.45) is 10.2. The van der Waals surface area contributed by atoms with E-state index in [-0.39, 0.29) is 5.78 Å². The van der Waals surface area contributed by atoms with Gasteiger partial charge in [0.1, 0.15) is 0 Å². The van der Waals surface area contributed by atoms with E-state index in [9.17, 15) is 4.79 Å². The molecule has 0 aliphatic heterocycles. The molecule has 0 saturated heterocycles. The molecule has 0 aromatic heterocycles. The van der Waals surface area contributed by atoms with Crippen molar-refractivity contribution in [3.05, 3.63) is 47.7 Å². The van der Waals surface area contributed by atoms with Crippen molar-refractivity contribution in [1.29, 1.82) is 0 Å². The monoisotopic (exact) mass is 245 g/mol. The second-order valence-electron chi connectivity index (χ2n) is 4.58. The van der Waals surface area contributed by atoms with Crippen LogP contribution in [-0.2, 0) is 6.42 Å². The van der Waals surface area contributed by atoms with E-state index in [2.05, 4.69) is 6.92 Å². The maximum Gasteiger partial charge on any atom is 0.187 e. The Hall–Kier alpha value is -1.57. The van der Waals surface area contributed by atoms with E-state index in [0.29, 0.717) is 5.56 Å². The summed E-state index contributed by atoms with van der Waals surface area (Å²) in [7, 11) is 0. The molecule has 2 nitrogen and oxygen atoms in total. The average Bonchev–Trinajstić information content (AvgIpc) is 2.39. The minimum absolute atomic E-state index is 0.0352. The molecule has 1 rings (SSSR count). The van der Waals surface area contributed by atoms with Crippen LogP contribution in [-0.4, -0.2) is 5.78 Å². The maximum atomic E-state index is 11.5. The summed E-state index contributed by atoms with van der Waals surface area (Å²) in [6.45, 7) is 2.23. The molecule has 0 spiro atoms. The number of carbonyl (C=O) groups excluding carboxylic acids is 1. The van der Waals surface area contributed by atoms with Crippen LogP contribution in [0.1, 0.15) is 54.9 Å². The Morgan fingerprint density at radius 2 is 1.78 bits per heavy atom. The van der Waals surface area contributed by atoms with Crippen LogP contribution in [0.5, 0.6) is 0 Å². The molecule has 1 aromatic carbocycles. The molecule has 2 N–H and O–H groups in total. The third-order valence-corrected chi connectivity index (χ3v) is 3.06. The van der Waals surface area contributed by atoms with E-state index >= 15 is 0 Å².